The highest BCUT2D eigenvalue weighted by atomic mass is 35.5. The first-order chi connectivity index (χ1) is 9.65. The van der Waals surface area contributed by atoms with E-state index in [1.54, 1.807) is 4.91 Å². The van der Waals surface area contributed by atoms with Crippen molar-refractivity contribution >= 4 is 29.1 Å². The lowest BCUT2D eigenvalue weighted by atomic mass is 10.0. The minimum atomic E-state index is 0.832. The van der Waals surface area contributed by atoms with Crippen molar-refractivity contribution in [2.75, 3.05) is 32.1 Å². The second-order valence-electron chi connectivity index (χ2n) is 5.75. The summed E-state index contributed by atoms with van der Waals surface area (Å²) in [5.41, 5.74) is 2.84. The number of likely N-dealkylation sites (N-methyl/N-ethyl adjacent to an activating group) is 1. The molecule has 0 unspecified atom stereocenters. The molecule has 0 atom stereocenters. The molecule has 1 aliphatic carbocycles. The Morgan fingerprint density at radius 1 is 1.25 bits per heavy atom. The second-order valence-corrected chi connectivity index (χ2v) is 7.32. The van der Waals surface area contributed by atoms with Crippen molar-refractivity contribution in [2.24, 2.45) is 0 Å². The molecule has 0 amide bonds. The van der Waals surface area contributed by atoms with Crippen LogP contribution in [0.5, 0.6) is 0 Å². The van der Waals surface area contributed by atoms with Gasteiger partial charge in [-0.3, -0.25) is 0 Å². The maximum absolute atomic E-state index is 6.22. The zero-order valence-electron chi connectivity index (χ0n) is 12.2. The molecule has 1 aromatic carbocycles. The number of thioether (sulfide) groups is 1. The summed E-state index contributed by atoms with van der Waals surface area (Å²) in [5.74, 6) is 0. The smallest absolute Gasteiger partial charge is 0.0565 e. The van der Waals surface area contributed by atoms with Crippen molar-refractivity contribution in [1.82, 2.24) is 4.90 Å². The summed E-state index contributed by atoms with van der Waals surface area (Å²) in [5, 5.41) is 0.832. The summed E-state index contributed by atoms with van der Waals surface area (Å²) in [6.45, 7) is 2.10. The van der Waals surface area contributed by atoms with Crippen molar-refractivity contribution in [3.63, 3.8) is 0 Å². The number of hydrogen-bond acceptors (Lipinski definition) is 3. The van der Waals surface area contributed by atoms with Crippen molar-refractivity contribution < 1.29 is 0 Å². The molecular formula is C16H21ClN2S. The topological polar surface area (TPSA) is 6.48 Å². The molecule has 3 rings (SSSR count). The Morgan fingerprint density at radius 2 is 2.05 bits per heavy atom. The quantitative estimate of drug-likeness (QED) is 0.806. The van der Waals surface area contributed by atoms with Crippen LogP contribution >= 0.6 is 23.4 Å². The fourth-order valence-electron chi connectivity index (χ4n) is 2.88. The summed E-state index contributed by atoms with van der Waals surface area (Å²) in [4.78, 5) is 7.68. The Labute approximate surface area is 130 Å². The largest absolute Gasteiger partial charge is 0.342 e. The molecule has 1 aliphatic heterocycles. The van der Waals surface area contributed by atoms with Gasteiger partial charge in [-0.1, -0.05) is 23.4 Å². The van der Waals surface area contributed by atoms with Crippen molar-refractivity contribution in [3.8, 4) is 0 Å². The lowest BCUT2D eigenvalue weighted by molar-refractivity contribution is 0.415. The average molecular weight is 309 g/mol. The van der Waals surface area contributed by atoms with Crippen LogP contribution in [0.4, 0.5) is 5.69 Å². The molecule has 2 nitrogen and oxygen atoms in total. The molecule has 1 heterocycles. The van der Waals surface area contributed by atoms with Crippen LogP contribution in [0.1, 0.15) is 25.7 Å². The van der Waals surface area contributed by atoms with E-state index < -0.39 is 0 Å². The molecule has 0 fully saturated rings. The third-order valence-corrected chi connectivity index (χ3v) is 5.42. The molecule has 0 bridgehead atoms. The summed E-state index contributed by atoms with van der Waals surface area (Å²) in [6, 6.07) is 6.30. The third-order valence-electron chi connectivity index (χ3n) is 3.93. The molecule has 0 aromatic heterocycles. The Balaban J connectivity index is 1.97. The number of anilines is 1. The Hall–Kier alpha value is -0.640. The first-order valence-corrected chi connectivity index (χ1v) is 8.46. The van der Waals surface area contributed by atoms with Crippen LogP contribution < -0.4 is 4.90 Å². The van der Waals surface area contributed by atoms with Crippen molar-refractivity contribution in [3.05, 3.63) is 33.8 Å². The number of rotatable bonds is 3. The van der Waals surface area contributed by atoms with Crippen LogP contribution in [0.2, 0.25) is 5.02 Å². The standard InChI is InChI=1S/C16H21ClN2S/c1-18(2)9-10-19-13-5-3-4-6-15(13)20-16-8-7-12(17)11-14(16)19/h7-8,11H,3-6,9-10H2,1-2H3. The zero-order chi connectivity index (χ0) is 14.1. The number of fused-ring (bicyclic) bond motifs is 1. The van der Waals surface area contributed by atoms with Gasteiger partial charge >= 0.3 is 0 Å². The molecule has 2 aliphatic rings. The Kier molecular flexibility index (Phi) is 4.29. The first kappa shape index (κ1) is 14.3. The van der Waals surface area contributed by atoms with Crippen LogP contribution in [0.25, 0.3) is 0 Å². The van der Waals surface area contributed by atoms with Crippen molar-refractivity contribution in [1.29, 1.82) is 0 Å². The van der Waals surface area contributed by atoms with Crippen LogP contribution in [0, 0.1) is 0 Å². The maximum atomic E-state index is 6.22. The maximum Gasteiger partial charge on any atom is 0.0565 e. The molecule has 4 heteroatoms. The third kappa shape index (κ3) is 2.85. The van der Waals surface area contributed by atoms with Gasteiger partial charge in [-0.25, -0.2) is 0 Å². The molecule has 20 heavy (non-hydrogen) atoms. The van der Waals surface area contributed by atoms with E-state index in [-0.39, 0.29) is 0 Å². The predicted molar refractivity (Wildman–Crippen MR) is 88.7 cm³/mol. The summed E-state index contributed by atoms with van der Waals surface area (Å²) in [7, 11) is 4.27. The highest BCUT2D eigenvalue weighted by molar-refractivity contribution is 8.03. The molecule has 0 spiro atoms. The number of halogens is 1. The van der Waals surface area contributed by atoms with Gasteiger partial charge in [0.25, 0.3) is 0 Å². The number of hydrogen-bond donors (Lipinski definition) is 0. The fraction of sp³-hybridized carbons (Fsp3) is 0.500. The molecule has 0 saturated carbocycles. The van der Waals surface area contributed by atoms with Gasteiger partial charge in [-0.15, -0.1) is 0 Å². The van der Waals surface area contributed by atoms with E-state index in [4.69, 9.17) is 11.6 Å². The highest BCUT2D eigenvalue weighted by Crippen LogP contribution is 2.48. The molecule has 0 N–H and O–H groups in total. The molecular weight excluding hydrogens is 288 g/mol. The number of nitrogens with zero attached hydrogens (tertiary/aromatic N) is 2. The van der Waals surface area contributed by atoms with E-state index in [0.717, 1.165) is 18.1 Å². The molecule has 0 radical (unpaired) electrons. The van der Waals surface area contributed by atoms with E-state index in [0.29, 0.717) is 0 Å². The van der Waals surface area contributed by atoms with Gasteiger partial charge in [-0.2, -0.15) is 0 Å². The van der Waals surface area contributed by atoms with Crippen LogP contribution in [0.3, 0.4) is 0 Å². The molecule has 1 aromatic rings. The lowest BCUT2D eigenvalue weighted by Gasteiger charge is -2.38. The highest BCUT2D eigenvalue weighted by Gasteiger charge is 2.27. The van der Waals surface area contributed by atoms with Gasteiger partial charge in [0.2, 0.25) is 0 Å². The Morgan fingerprint density at radius 3 is 2.85 bits per heavy atom. The Bertz CT molecular complexity index is 539. The van der Waals surface area contributed by atoms with E-state index in [1.165, 1.54) is 42.0 Å². The van der Waals surface area contributed by atoms with Crippen LogP contribution in [-0.4, -0.2) is 32.1 Å². The number of allylic oxidation sites excluding steroid dienone is 2. The summed E-state index contributed by atoms with van der Waals surface area (Å²) < 4.78 is 0. The van der Waals surface area contributed by atoms with E-state index in [9.17, 15) is 0 Å². The SMILES string of the molecule is CN(C)CCN1C2=C(CCCC2)Sc2ccc(Cl)cc21. The minimum absolute atomic E-state index is 0.832. The fourth-order valence-corrected chi connectivity index (χ4v) is 4.30. The van der Waals surface area contributed by atoms with Gasteiger partial charge in [-0.05, 0) is 58.0 Å². The normalized spacial score (nSPS) is 18.3. The van der Waals surface area contributed by atoms with E-state index >= 15 is 0 Å². The predicted octanol–water partition coefficient (Wildman–Crippen LogP) is 4.60. The first-order valence-electron chi connectivity index (χ1n) is 7.27. The van der Waals surface area contributed by atoms with Crippen LogP contribution in [0.15, 0.2) is 33.7 Å². The zero-order valence-corrected chi connectivity index (χ0v) is 13.7. The monoisotopic (exact) mass is 308 g/mol. The molecule has 0 saturated heterocycles. The van der Waals surface area contributed by atoms with Gasteiger partial charge < -0.3 is 9.80 Å². The van der Waals surface area contributed by atoms with Gasteiger partial charge in [0.1, 0.15) is 0 Å². The van der Waals surface area contributed by atoms with Gasteiger partial charge in [0, 0.05) is 33.6 Å². The lowest BCUT2D eigenvalue weighted by Crippen LogP contribution is -2.34. The van der Waals surface area contributed by atoms with Gasteiger partial charge in [0.05, 0.1) is 5.69 Å². The summed E-state index contributed by atoms with van der Waals surface area (Å²) >= 11 is 8.17. The van der Waals surface area contributed by atoms with Crippen molar-refractivity contribution in [2.45, 2.75) is 30.6 Å². The second kappa shape index (κ2) is 6.00. The minimum Gasteiger partial charge on any atom is -0.342 e. The number of benzene rings is 1. The average Bonchev–Trinajstić information content (AvgIpc) is 2.43. The van der Waals surface area contributed by atoms with Crippen LogP contribution in [-0.2, 0) is 0 Å². The van der Waals surface area contributed by atoms with E-state index in [1.807, 2.05) is 17.8 Å². The van der Waals surface area contributed by atoms with E-state index in [2.05, 4.69) is 36.0 Å². The van der Waals surface area contributed by atoms with Gasteiger partial charge in [0.15, 0.2) is 0 Å². The molecule has 108 valence electrons. The summed E-state index contributed by atoms with van der Waals surface area (Å²) in [6.07, 6.45) is 5.09.